The molecule has 1 atom stereocenters. The second kappa shape index (κ2) is 4.44. The number of pyridine rings is 1. The average Bonchev–Trinajstić information content (AvgIpc) is 2.73. The molecule has 0 saturated heterocycles. The summed E-state index contributed by atoms with van der Waals surface area (Å²) in [6, 6.07) is 5.29. The lowest BCUT2D eigenvalue weighted by atomic mass is 10.3. The standard InChI is InChI=1S/C10H11F2N3O/c11-10(12)7(16)6-14-9-3-1-2-8-13-4-5-15(8)9/h1-5,7,10,14,16H,6H2. The topological polar surface area (TPSA) is 49.6 Å². The van der Waals surface area contributed by atoms with Crippen molar-refractivity contribution in [2.24, 2.45) is 0 Å². The van der Waals surface area contributed by atoms with E-state index in [0.717, 1.165) is 5.65 Å². The van der Waals surface area contributed by atoms with Crippen LogP contribution < -0.4 is 5.32 Å². The predicted molar refractivity (Wildman–Crippen MR) is 55.7 cm³/mol. The summed E-state index contributed by atoms with van der Waals surface area (Å²) in [5, 5.41) is 11.7. The van der Waals surface area contributed by atoms with Crippen LogP contribution in [0.4, 0.5) is 14.6 Å². The van der Waals surface area contributed by atoms with Crippen LogP contribution in [-0.2, 0) is 0 Å². The zero-order valence-electron chi connectivity index (χ0n) is 8.35. The highest BCUT2D eigenvalue weighted by Gasteiger charge is 2.16. The third-order valence-corrected chi connectivity index (χ3v) is 2.21. The van der Waals surface area contributed by atoms with Crippen LogP contribution in [0.1, 0.15) is 0 Å². The van der Waals surface area contributed by atoms with Crippen LogP contribution in [0.15, 0.2) is 30.6 Å². The van der Waals surface area contributed by atoms with Crippen molar-refractivity contribution in [3.8, 4) is 0 Å². The molecular weight excluding hydrogens is 216 g/mol. The molecule has 4 nitrogen and oxygen atoms in total. The van der Waals surface area contributed by atoms with Crippen molar-refractivity contribution in [2.75, 3.05) is 11.9 Å². The van der Waals surface area contributed by atoms with Crippen molar-refractivity contribution in [1.82, 2.24) is 9.38 Å². The summed E-state index contributed by atoms with van der Waals surface area (Å²) in [6.45, 7) is -0.199. The van der Waals surface area contributed by atoms with Crippen molar-refractivity contribution < 1.29 is 13.9 Å². The van der Waals surface area contributed by atoms with E-state index in [2.05, 4.69) is 10.3 Å². The molecule has 2 aromatic rings. The van der Waals surface area contributed by atoms with Gasteiger partial charge in [-0.2, -0.15) is 0 Å². The Balaban J connectivity index is 2.12. The van der Waals surface area contributed by atoms with Gasteiger partial charge in [-0.05, 0) is 12.1 Å². The van der Waals surface area contributed by atoms with Gasteiger partial charge in [0.1, 0.15) is 17.6 Å². The number of hydrogen-bond acceptors (Lipinski definition) is 3. The molecule has 0 aliphatic heterocycles. The Kier molecular flexibility index (Phi) is 3.00. The number of aliphatic hydroxyl groups excluding tert-OH is 1. The van der Waals surface area contributed by atoms with Gasteiger partial charge < -0.3 is 10.4 Å². The third-order valence-electron chi connectivity index (χ3n) is 2.21. The SMILES string of the molecule is OC(CNc1cccc2nccn12)C(F)F. The number of rotatable bonds is 4. The highest BCUT2D eigenvalue weighted by Crippen LogP contribution is 2.11. The summed E-state index contributed by atoms with van der Waals surface area (Å²) in [7, 11) is 0. The van der Waals surface area contributed by atoms with Crippen LogP contribution in [0, 0.1) is 0 Å². The van der Waals surface area contributed by atoms with Gasteiger partial charge in [-0.25, -0.2) is 13.8 Å². The number of aromatic nitrogens is 2. The highest BCUT2D eigenvalue weighted by atomic mass is 19.3. The van der Waals surface area contributed by atoms with E-state index < -0.39 is 12.5 Å². The molecule has 0 radical (unpaired) electrons. The molecule has 2 heterocycles. The van der Waals surface area contributed by atoms with E-state index in [1.54, 1.807) is 35.0 Å². The first kappa shape index (κ1) is 10.8. The second-order valence-corrected chi connectivity index (χ2v) is 3.35. The first-order valence-electron chi connectivity index (χ1n) is 4.80. The summed E-state index contributed by atoms with van der Waals surface area (Å²) in [5.74, 6) is 0.620. The zero-order chi connectivity index (χ0) is 11.5. The van der Waals surface area contributed by atoms with Gasteiger partial charge >= 0.3 is 0 Å². The van der Waals surface area contributed by atoms with Crippen molar-refractivity contribution >= 4 is 11.5 Å². The molecule has 0 aliphatic rings. The Labute approximate surface area is 90.5 Å². The number of fused-ring (bicyclic) bond motifs is 1. The van der Waals surface area contributed by atoms with Crippen molar-refractivity contribution in [3.05, 3.63) is 30.6 Å². The van der Waals surface area contributed by atoms with E-state index >= 15 is 0 Å². The number of anilines is 1. The van der Waals surface area contributed by atoms with E-state index in [1.807, 2.05) is 0 Å². The lowest BCUT2D eigenvalue weighted by Crippen LogP contribution is -2.27. The second-order valence-electron chi connectivity index (χ2n) is 3.35. The molecule has 0 spiro atoms. The molecule has 6 heteroatoms. The summed E-state index contributed by atoms with van der Waals surface area (Å²) in [6.07, 6.45) is -1.08. The van der Waals surface area contributed by atoms with Gasteiger partial charge in [-0.1, -0.05) is 6.07 Å². The van der Waals surface area contributed by atoms with Gasteiger partial charge in [0.2, 0.25) is 0 Å². The minimum Gasteiger partial charge on any atom is -0.385 e. The molecule has 2 N–H and O–H groups in total. The Morgan fingerprint density at radius 2 is 2.25 bits per heavy atom. The van der Waals surface area contributed by atoms with Gasteiger partial charge in [-0.3, -0.25) is 4.40 Å². The van der Waals surface area contributed by atoms with E-state index in [9.17, 15) is 8.78 Å². The molecule has 0 aliphatic carbocycles. The Morgan fingerprint density at radius 3 is 3.00 bits per heavy atom. The number of halogens is 2. The van der Waals surface area contributed by atoms with E-state index in [4.69, 9.17) is 5.11 Å². The van der Waals surface area contributed by atoms with Crippen molar-refractivity contribution in [3.63, 3.8) is 0 Å². The van der Waals surface area contributed by atoms with Crippen LogP contribution in [0.5, 0.6) is 0 Å². The van der Waals surface area contributed by atoms with Gasteiger partial charge in [0, 0.05) is 18.9 Å². The first-order valence-corrected chi connectivity index (χ1v) is 4.80. The summed E-state index contributed by atoms with van der Waals surface area (Å²) in [4.78, 5) is 4.05. The molecule has 2 aromatic heterocycles. The maximum absolute atomic E-state index is 12.1. The van der Waals surface area contributed by atoms with E-state index in [1.165, 1.54) is 0 Å². The number of alkyl halides is 2. The monoisotopic (exact) mass is 227 g/mol. The van der Waals surface area contributed by atoms with Gasteiger partial charge in [0.05, 0.1) is 0 Å². The maximum atomic E-state index is 12.1. The number of nitrogens with one attached hydrogen (secondary N) is 1. The van der Waals surface area contributed by atoms with Crippen LogP contribution >= 0.6 is 0 Å². The summed E-state index contributed by atoms with van der Waals surface area (Å²) >= 11 is 0. The fourth-order valence-corrected chi connectivity index (χ4v) is 1.39. The normalized spacial score (nSPS) is 13.2. The Bertz CT molecular complexity index is 472. The van der Waals surface area contributed by atoms with Crippen LogP contribution in [0.2, 0.25) is 0 Å². The van der Waals surface area contributed by atoms with Gasteiger partial charge in [-0.15, -0.1) is 0 Å². The maximum Gasteiger partial charge on any atom is 0.265 e. The smallest absolute Gasteiger partial charge is 0.265 e. The summed E-state index contributed by atoms with van der Waals surface area (Å²) in [5.41, 5.74) is 0.719. The van der Waals surface area contributed by atoms with E-state index in [-0.39, 0.29) is 6.54 Å². The van der Waals surface area contributed by atoms with Crippen LogP contribution in [-0.4, -0.2) is 33.6 Å². The molecule has 2 rings (SSSR count). The predicted octanol–water partition coefficient (Wildman–Crippen LogP) is 1.37. The molecular formula is C10H11F2N3O. The fourth-order valence-electron chi connectivity index (χ4n) is 1.39. The lowest BCUT2D eigenvalue weighted by molar-refractivity contribution is 0.00380. The number of hydrogen-bond donors (Lipinski definition) is 2. The molecule has 0 fully saturated rings. The zero-order valence-corrected chi connectivity index (χ0v) is 8.35. The van der Waals surface area contributed by atoms with E-state index in [0.29, 0.717) is 5.82 Å². The van der Waals surface area contributed by atoms with Crippen LogP contribution in [0.3, 0.4) is 0 Å². The molecule has 0 aromatic carbocycles. The number of imidazole rings is 1. The average molecular weight is 227 g/mol. The number of nitrogens with zero attached hydrogens (tertiary/aromatic N) is 2. The Hall–Kier alpha value is -1.69. The number of aliphatic hydroxyl groups is 1. The Morgan fingerprint density at radius 1 is 1.44 bits per heavy atom. The molecule has 1 unspecified atom stereocenters. The fraction of sp³-hybridized carbons (Fsp3) is 0.300. The van der Waals surface area contributed by atoms with Crippen molar-refractivity contribution in [1.29, 1.82) is 0 Å². The largest absolute Gasteiger partial charge is 0.385 e. The molecule has 16 heavy (non-hydrogen) atoms. The lowest BCUT2D eigenvalue weighted by Gasteiger charge is -2.12. The quantitative estimate of drug-likeness (QED) is 0.829. The van der Waals surface area contributed by atoms with Gasteiger partial charge in [0.15, 0.2) is 0 Å². The molecule has 86 valence electrons. The van der Waals surface area contributed by atoms with Gasteiger partial charge in [0.25, 0.3) is 6.43 Å². The third kappa shape index (κ3) is 2.11. The van der Waals surface area contributed by atoms with Crippen molar-refractivity contribution in [2.45, 2.75) is 12.5 Å². The molecule has 0 amide bonds. The van der Waals surface area contributed by atoms with Crippen LogP contribution in [0.25, 0.3) is 5.65 Å². The minimum atomic E-state index is -2.74. The highest BCUT2D eigenvalue weighted by molar-refractivity contribution is 5.49. The molecule has 0 saturated carbocycles. The minimum absolute atomic E-state index is 0.199. The summed E-state index contributed by atoms with van der Waals surface area (Å²) < 4.78 is 25.9. The first-order chi connectivity index (χ1) is 7.68. The molecule has 0 bridgehead atoms.